The molecule has 0 atom stereocenters. The number of rotatable bonds is 4. The van der Waals surface area contributed by atoms with E-state index in [1.807, 2.05) is 6.92 Å². The van der Waals surface area contributed by atoms with Gasteiger partial charge >= 0.3 is 0 Å². The molecule has 0 amide bonds. The first kappa shape index (κ1) is 13.0. The van der Waals surface area contributed by atoms with Gasteiger partial charge in [-0.2, -0.15) is 8.42 Å². The summed E-state index contributed by atoms with van der Waals surface area (Å²) in [6, 6.07) is 3.27. The number of aryl methyl sites for hydroxylation is 1. The SMILES string of the molecule is CCc1ncc(S(=O)(=O)Nc2ccc(Br)nc2)[nH]1. The number of imidazole rings is 1. The standard InChI is InChI=1S/C10H11BrN4O2S/c1-2-9-13-6-10(14-9)18(16,17)15-7-3-4-8(11)12-5-7/h3-6,15H,2H2,1H3,(H,13,14). The predicted molar refractivity (Wildman–Crippen MR) is 70.7 cm³/mol. The van der Waals surface area contributed by atoms with Crippen molar-refractivity contribution in [3.05, 3.63) is 35.0 Å². The zero-order valence-corrected chi connectivity index (χ0v) is 11.9. The second kappa shape index (κ2) is 5.07. The maximum Gasteiger partial charge on any atom is 0.279 e. The van der Waals surface area contributed by atoms with Gasteiger partial charge in [-0.15, -0.1) is 0 Å². The zero-order valence-electron chi connectivity index (χ0n) is 9.51. The molecule has 8 heteroatoms. The molecule has 0 bridgehead atoms. The van der Waals surface area contributed by atoms with Gasteiger partial charge < -0.3 is 4.98 Å². The van der Waals surface area contributed by atoms with Crippen LogP contribution in [0, 0.1) is 0 Å². The number of H-pyrrole nitrogens is 1. The summed E-state index contributed by atoms with van der Waals surface area (Å²) < 4.78 is 27.0. The minimum atomic E-state index is -3.64. The number of nitrogens with zero attached hydrogens (tertiary/aromatic N) is 2. The van der Waals surface area contributed by atoms with E-state index in [4.69, 9.17) is 0 Å². The second-order valence-electron chi connectivity index (χ2n) is 3.52. The summed E-state index contributed by atoms with van der Waals surface area (Å²) in [4.78, 5) is 10.6. The zero-order chi connectivity index (χ0) is 13.2. The van der Waals surface area contributed by atoms with Gasteiger partial charge in [0.05, 0.1) is 18.1 Å². The molecule has 2 aromatic heterocycles. The fraction of sp³-hybridized carbons (Fsp3) is 0.200. The summed E-state index contributed by atoms with van der Waals surface area (Å²) in [6.07, 6.45) is 3.38. The number of pyridine rings is 1. The number of hydrogen-bond donors (Lipinski definition) is 2. The van der Waals surface area contributed by atoms with Crippen LogP contribution in [0.25, 0.3) is 0 Å². The van der Waals surface area contributed by atoms with Crippen molar-refractivity contribution in [2.45, 2.75) is 18.4 Å². The van der Waals surface area contributed by atoms with Crippen LogP contribution in [0.5, 0.6) is 0 Å². The highest BCUT2D eigenvalue weighted by molar-refractivity contribution is 9.10. The first-order valence-electron chi connectivity index (χ1n) is 5.19. The minimum Gasteiger partial charge on any atom is -0.332 e. The Morgan fingerprint density at radius 2 is 2.11 bits per heavy atom. The molecule has 0 saturated carbocycles. The van der Waals surface area contributed by atoms with Crippen LogP contribution in [0.3, 0.4) is 0 Å². The minimum absolute atomic E-state index is 0.0438. The number of anilines is 1. The Hall–Kier alpha value is -1.41. The number of nitrogens with one attached hydrogen (secondary N) is 2. The molecule has 0 radical (unpaired) electrons. The summed E-state index contributed by atoms with van der Waals surface area (Å²) in [7, 11) is -3.64. The number of halogens is 1. The Balaban J connectivity index is 2.24. The third-order valence-corrected chi connectivity index (χ3v) is 3.97. The van der Waals surface area contributed by atoms with Crippen LogP contribution in [-0.2, 0) is 16.4 Å². The van der Waals surface area contributed by atoms with E-state index >= 15 is 0 Å². The van der Waals surface area contributed by atoms with E-state index in [-0.39, 0.29) is 5.03 Å². The average molecular weight is 331 g/mol. The second-order valence-corrected chi connectivity index (χ2v) is 5.99. The van der Waals surface area contributed by atoms with Gasteiger partial charge in [0.25, 0.3) is 10.0 Å². The third kappa shape index (κ3) is 2.88. The summed E-state index contributed by atoms with van der Waals surface area (Å²) >= 11 is 3.18. The molecule has 6 nitrogen and oxygen atoms in total. The van der Waals surface area contributed by atoms with Crippen molar-refractivity contribution in [3.8, 4) is 0 Å². The van der Waals surface area contributed by atoms with E-state index in [0.717, 1.165) is 0 Å². The van der Waals surface area contributed by atoms with Gasteiger partial charge in [0.15, 0.2) is 5.03 Å². The highest BCUT2D eigenvalue weighted by Crippen LogP contribution is 2.15. The Labute approximate surface area is 113 Å². The van der Waals surface area contributed by atoms with Crippen molar-refractivity contribution in [1.82, 2.24) is 15.0 Å². The summed E-state index contributed by atoms with van der Waals surface area (Å²) in [6.45, 7) is 1.89. The van der Waals surface area contributed by atoms with E-state index in [9.17, 15) is 8.42 Å². The molecule has 2 aromatic rings. The topological polar surface area (TPSA) is 87.7 Å². The van der Waals surface area contributed by atoms with Crippen LogP contribution in [0.4, 0.5) is 5.69 Å². The monoisotopic (exact) mass is 330 g/mol. The molecule has 2 heterocycles. The van der Waals surface area contributed by atoms with Crippen LogP contribution < -0.4 is 4.72 Å². The van der Waals surface area contributed by atoms with Gasteiger partial charge in [0, 0.05) is 6.42 Å². The predicted octanol–water partition coefficient (Wildman–Crippen LogP) is 1.93. The van der Waals surface area contributed by atoms with E-state index < -0.39 is 10.0 Å². The molecule has 0 fully saturated rings. The Morgan fingerprint density at radius 1 is 1.33 bits per heavy atom. The molecule has 2 rings (SSSR count). The molecular formula is C10H11BrN4O2S. The molecular weight excluding hydrogens is 320 g/mol. The van der Waals surface area contributed by atoms with Gasteiger partial charge in [0.1, 0.15) is 10.4 Å². The van der Waals surface area contributed by atoms with E-state index in [2.05, 4.69) is 35.6 Å². The number of sulfonamides is 1. The molecule has 0 spiro atoms. The molecule has 0 aromatic carbocycles. The molecule has 0 aliphatic heterocycles. The van der Waals surface area contributed by atoms with Gasteiger partial charge in [-0.1, -0.05) is 6.92 Å². The molecule has 0 aliphatic rings. The summed E-state index contributed by atoms with van der Waals surface area (Å²) in [5.41, 5.74) is 0.394. The fourth-order valence-electron chi connectivity index (χ4n) is 1.31. The highest BCUT2D eigenvalue weighted by atomic mass is 79.9. The quantitative estimate of drug-likeness (QED) is 0.838. The van der Waals surface area contributed by atoms with Crippen molar-refractivity contribution in [1.29, 1.82) is 0 Å². The highest BCUT2D eigenvalue weighted by Gasteiger charge is 2.17. The first-order chi connectivity index (χ1) is 8.51. The molecule has 2 N–H and O–H groups in total. The van der Waals surface area contributed by atoms with Crippen molar-refractivity contribution in [3.63, 3.8) is 0 Å². The molecule has 0 saturated heterocycles. The number of hydrogen-bond acceptors (Lipinski definition) is 4. The number of aromatic nitrogens is 3. The van der Waals surface area contributed by atoms with Crippen LogP contribution in [0.1, 0.15) is 12.7 Å². The van der Waals surface area contributed by atoms with Gasteiger partial charge in [-0.05, 0) is 28.1 Å². The van der Waals surface area contributed by atoms with Crippen molar-refractivity contribution in [2.24, 2.45) is 0 Å². The summed E-state index contributed by atoms with van der Waals surface area (Å²) in [5.74, 6) is 0.629. The van der Waals surface area contributed by atoms with E-state index in [1.54, 1.807) is 12.1 Å². The maximum atomic E-state index is 12.0. The molecule has 0 aliphatic carbocycles. The van der Waals surface area contributed by atoms with Gasteiger partial charge in [-0.3, -0.25) is 4.72 Å². The maximum absolute atomic E-state index is 12.0. The lowest BCUT2D eigenvalue weighted by molar-refractivity contribution is 0.598. The fourth-order valence-corrected chi connectivity index (χ4v) is 2.53. The Kier molecular flexibility index (Phi) is 3.67. The van der Waals surface area contributed by atoms with E-state index in [1.165, 1.54) is 12.4 Å². The normalized spacial score (nSPS) is 11.4. The lowest BCUT2D eigenvalue weighted by Crippen LogP contribution is -2.13. The Bertz CT molecular complexity index is 636. The van der Waals surface area contributed by atoms with Crippen LogP contribution >= 0.6 is 15.9 Å². The van der Waals surface area contributed by atoms with Gasteiger partial charge in [0.2, 0.25) is 0 Å². The summed E-state index contributed by atoms with van der Waals surface area (Å²) in [5, 5.41) is 0.0438. The van der Waals surface area contributed by atoms with Crippen molar-refractivity contribution >= 4 is 31.6 Å². The average Bonchev–Trinajstić information content (AvgIpc) is 2.81. The Morgan fingerprint density at radius 3 is 2.67 bits per heavy atom. The number of aromatic amines is 1. The largest absolute Gasteiger partial charge is 0.332 e. The third-order valence-electron chi connectivity index (χ3n) is 2.21. The van der Waals surface area contributed by atoms with Crippen molar-refractivity contribution < 1.29 is 8.42 Å². The molecule has 0 unspecified atom stereocenters. The smallest absolute Gasteiger partial charge is 0.279 e. The van der Waals surface area contributed by atoms with Crippen LogP contribution in [0.15, 0.2) is 34.2 Å². The molecule has 18 heavy (non-hydrogen) atoms. The lowest BCUT2D eigenvalue weighted by atomic mass is 10.4. The van der Waals surface area contributed by atoms with Crippen LogP contribution in [0.2, 0.25) is 0 Å². The van der Waals surface area contributed by atoms with Gasteiger partial charge in [-0.25, -0.2) is 9.97 Å². The molecule has 96 valence electrons. The first-order valence-corrected chi connectivity index (χ1v) is 7.47. The van der Waals surface area contributed by atoms with Crippen LogP contribution in [-0.4, -0.2) is 23.4 Å². The lowest BCUT2D eigenvalue weighted by Gasteiger charge is -2.05. The van der Waals surface area contributed by atoms with E-state index in [0.29, 0.717) is 22.5 Å². The van der Waals surface area contributed by atoms with Crippen molar-refractivity contribution in [2.75, 3.05) is 4.72 Å².